The minimum absolute atomic E-state index is 0.0689. The Morgan fingerprint density at radius 1 is 0.704 bits per heavy atom. The predicted molar refractivity (Wildman–Crippen MR) is 114 cm³/mol. The highest BCUT2D eigenvalue weighted by molar-refractivity contribution is 9.10. The molecule has 0 aliphatic carbocycles. The lowest BCUT2D eigenvalue weighted by Gasteiger charge is -2.42. The van der Waals surface area contributed by atoms with Crippen molar-refractivity contribution in [2.75, 3.05) is 4.90 Å². The molecule has 0 saturated carbocycles. The first-order valence-electron chi connectivity index (χ1n) is 8.97. The fourth-order valence-electron chi connectivity index (χ4n) is 4.12. The molecule has 2 heterocycles. The first kappa shape index (κ1) is 16.5. The van der Waals surface area contributed by atoms with E-state index in [2.05, 4.69) is 105 Å². The van der Waals surface area contributed by atoms with E-state index in [1.807, 2.05) is 0 Å². The molecule has 0 radical (unpaired) electrons. The zero-order chi connectivity index (χ0) is 18.6. The number of fused-ring (bicyclic) bond motifs is 3. The number of rotatable bonds is 1. The van der Waals surface area contributed by atoms with Gasteiger partial charge in [-0.05, 0) is 51.3 Å². The average Bonchev–Trinajstić information content (AvgIpc) is 2.70. The maximum absolute atomic E-state index is 4.67. The van der Waals surface area contributed by atoms with Crippen molar-refractivity contribution in [1.29, 1.82) is 0 Å². The molecule has 4 heteroatoms. The maximum atomic E-state index is 4.67. The molecule has 1 aliphatic heterocycles. The third-order valence-corrected chi connectivity index (χ3v) is 6.07. The molecule has 0 N–H and O–H groups in total. The van der Waals surface area contributed by atoms with Gasteiger partial charge in [-0.15, -0.1) is 0 Å². The van der Waals surface area contributed by atoms with E-state index in [0.29, 0.717) is 0 Å². The highest BCUT2D eigenvalue weighted by Crippen LogP contribution is 2.52. The van der Waals surface area contributed by atoms with Crippen molar-refractivity contribution < 1.29 is 0 Å². The number of nitrogens with zero attached hydrogens (tertiary/aromatic N) is 3. The Morgan fingerprint density at radius 2 is 1.26 bits per heavy atom. The van der Waals surface area contributed by atoms with Gasteiger partial charge in [-0.25, -0.2) is 0 Å². The molecule has 132 valence electrons. The molecule has 4 aromatic rings. The van der Waals surface area contributed by atoms with Gasteiger partial charge in [-0.2, -0.15) is 0 Å². The lowest BCUT2D eigenvalue weighted by molar-refractivity contribution is 0.632. The van der Waals surface area contributed by atoms with Crippen LogP contribution in [0, 0.1) is 0 Å². The molecular weight excluding hydrogens is 398 g/mol. The topological polar surface area (TPSA) is 29.0 Å². The van der Waals surface area contributed by atoms with E-state index in [0.717, 1.165) is 21.2 Å². The lowest BCUT2D eigenvalue weighted by Crippen LogP contribution is -2.30. The molecule has 0 unspecified atom stereocenters. The number of halogens is 1. The van der Waals surface area contributed by atoms with Crippen LogP contribution in [0.15, 0.2) is 77.5 Å². The third kappa shape index (κ3) is 2.33. The van der Waals surface area contributed by atoms with Crippen molar-refractivity contribution in [3.63, 3.8) is 0 Å². The van der Waals surface area contributed by atoms with Crippen LogP contribution in [0.25, 0.3) is 11.0 Å². The molecule has 0 amide bonds. The largest absolute Gasteiger partial charge is 0.308 e. The van der Waals surface area contributed by atoms with Crippen LogP contribution in [0.5, 0.6) is 0 Å². The van der Waals surface area contributed by atoms with Gasteiger partial charge in [0.2, 0.25) is 0 Å². The van der Waals surface area contributed by atoms with Crippen LogP contribution in [-0.2, 0) is 5.41 Å². The number of hydrogen-bond acceptors (Lipinski definition) is 3. The summed E-state index contributed by atoms with van der Waals surface area (Å²) >= 11 is 3.62. The van der Waals surface area contributed by atoms with E-state index in [1.165, 1.54) is 22.5 Å². The summed E-state index contributed by atoms with van der Waals surface area (Å²) < 4.78 is 0.952. The summed E-state index contributed by atoms with van der Waals surface area (Å²) in [5.41, 5.74) is 7.72. The van der Waals surface area contributed by atoms with Crippen LogP contribution in [0.1, 0.15) is 25.0 Å². The normalized spacial score (nSPS) is 14.7. The third-order valence-electron chi connectivity index (χ3n) is 5.43. The highest BCUT2D eigenvalue weighted by Gasteiger charge is 2.36. The van der Waals surface area contributed by atoms with E-state index in [9.17, 15) is 0 Å². The van der Waals surface area contributed by atoms with E-state index < -0.39 is 0 Å². The van der Waals surface area contributed by atoms with Gasteiger partial charge in [0.25, 0.3) is 0 Å². The Kier molecular flexibility index (Phi) is 3.59. The standard InChI is InChI=1S/C23H18BrN3/c1-23(2)15-7-3-5-9-18(15)27(19-10-6-4-8-16(19)23)20-12-11-17(24)21-22(20)26-14-13-25-21/h3-14H,1-2H3. The molecule has 27 heavy (non-hydrogen) atoms. The molecule has 0 fully saturated rings. The van der Waals surface area contributed by atoms with Crippen LogP contribution in [0.2, 0.25) is 0 Å². The first-order valence-corrected chi connectivity index (χ1v) is 9.77. The zero-order valence-electron chi connectivity index (χ0n) is 15.1. The highest BCUT2D eigenvalue weighted by atomic mass is 79.9. The van der Waals surface area contributed by atoms with Gasteiger partial charge in [0, 0.05) is 22.3 Å². The zero-order valence-corrected chi connectivity index (χ0v) is 16.7. The summed E-state index contributed by atoms with van der Waals surface area (Å²) in [7, 11) is 0. The molecular formula is C23H18BrN3. The fourth-order valence-corrected chi connectivity index (χ4v) is 4.54. The number of aromatic nitrogens is 2. The van der Waals surface area contributed by atoms with Crippen molar-refractivity contribution in [2.45, 2.75) is 19.3 Å². The number of hydrogen-bond donors (Lipinski definition) is 0. The average molecular weight is 416 g/mol. The monoisotopic (exact) mass is 415 g/mol. The molecule has 0 atom stereocenters. The summed E-state index contributed by atoms with van der Waals surface area (Å²) in [5.74, 6) is 0. The maximum Gasteiger partial charge on any atom is 0.114 e. The minimum Gasteiger partial charge on any atom is -0.308 e. The molecule has 1 aliphatic rings. The SMILES string of the molecule is CC1(C)c2ccccc2N(c2ccc(Br)c3nccnc23)c2ccccc21. The number of para-hydroxylation sites is 2. The van der Waals surface area contributed by atoms with Crippen molar-refractivity contribution in [2.24, 2.45) is 0 Å². The van der Waals surface area contributed by atoms with Crippen LogP contribution >= 0.6 is 15.9 Å². The quantitative estimate of drug-likeness (QED) is 0.355. The number of anilines is 3. The van der Waals surface area contributed by atoms with E-state index >= 15 is 0 Å². The fraction of sp³-hybridized carbons (Fsp3) is 0.130. The van der Waals surface area contributed by atoms with Gasteiger partial charge >= 0.3 is 0 Å². The van der Waals surface area contributed by atoms with E-state index in [4.69, 9.17) is 0 Å². The summed E-state index contributed by atoms with van der Waals surface area (Å²) in [5, 5.41) is 0. The van der Waals surface area contributed by atoms with Gasteiger partial charge in [-0.1, -0.05) is 50.2 Å². The van der Waals surface area contributed by atoms with Gasteiger partial charge < -0.3 is 4.90 Å². The molecule has 1 aromatic heterocycles. The van der Waals surface area contributed by atoms with E-state index in [-0.39, 0.29) is 5.41 Å². The van der Waals surface area contributed by atoms with Crippen molar-refractivity contribution in [3.8, 4) is 0 Å². The van der Waals surface area contributed by atoms with Gasteiger partial charge in [0.1, 0.15) is 11.0 Å². The smallest absolute Gasteiger partial charge is 0.114 e. The van der Waals surface area contributed by atoms with Gasteiger partial charge in [0.05, 0.1) is 17.1 Å². The summed E-state index contributed by atoms with van der Waals surface area (Å²) in [6, 6.07) is 21.4. The van der Waals surface area contributed by atoms with Crippen LogP contribution < -0.4 is 4.90 Å². The van der Waals surface area contributed by atoms with Crippen LogP contribution in [-0.4, -0.2) is 9.97 Å². The molecule has 3 nitrogen and oxygen atoms in total. The molecule has 5 rings (SSSR count). The minimum atomic E-state index is -0.0689. The van der Waals surface area contributed by atoms with Crippen molar-refractivity contribution in [1.82, 2.24) is 9.97 Å². The Labute approximate surface area is 166 Å². The van der Waals surface area contributed by atoms with Crippen LogP contribution in [0.4, 0.5) is 17.1 Å². The first-order chi connectivity index (χ1) is 13.1. The van der Waals surface area contributed by atoms with Gasteiger partial charge in [0.15, 0.2) is 0 Å². The Bertz CT molecular complexity index is 1130. The lowest BCUT2D eigenvalue weighted by atomic mass is 9.73. The molecule has 3 aromatic carbocycles. The Morgan fingerprint density at radius 3 is 1.89 bits per heavy atom. The Hall–Kier alpha value is -2.72. The second-order valence-electron chi connectivity index (χ2n) is 7.31. The predicted octanol–water partition coefficient (Wildman–Crippen LogP) is 6.50. The van der Waals surface area contributed by atoms with Crippen LogP contribution in [0.3, 0.4) is 0 Å². The second-order valence-corrected chi connectivity index (χ2v) is 8.17. The second kappa shape index (κ2) is 5.89. The summed E-state index contributed by atoms with van der Waals surface area (Å²) in [4.78, 5) is 11.5. The summed E-state index contributed by atoms with van der Waals surface area (Å²) in [6.45, 7) is 4.59. The van der Waals surface area contributed by atoms with E-state index in [1.54, 1.807) is 12.4 Å². The molecule has 0 bridgehead atoms. The Balaban J connectivity index is 1.89. The van der Waals surface area contributed by atoms with Crippen molar-refractivity contribution >= 4 is 44.0 Å². The number of benzene rings is 3. The van der Waals surface area contributed by atoms with Crippen molar-refractivity contribution in [3.05, 3.63) is 88.7 Å². The molecule has 0 saturated heterocycles. The van der Waals surface area contributed by atoms with Gasteiger partial charge in [-0.3, -0.25) is 9.97 Å². The molecule has 0 spiro atoms. The summed E-state index contributed by atoms with van der Waals surface area (Å²) in [6.07, 6.45) is 3.49.